The van der Waals surface area contributed by atoms with Crippen molar-refractivity contribution in [3.8, 4) is 5.75 Å². The lowest BCUT2D eigenvalue weighted by atomic mass is 10.2. The number of carbonyl (C=O) groups excluding carboxylic acids is 1. The molecule has 130 valence electrons. The molecule has 0 aliphatic carbocycles. The number of benzene rings is 2. The zero-order valence-electron chi connectivity index (χ0n) is 13.6. The van der Waals surface area contributed by atoms with Gasteiger partial charge in [0.25, 0.3) is 0 Å². The summed E-state index contributed by atoms with van der Waals surface area (Å²) in [6.07, 6.45) is -0.754. The predicted octanol–water partition coefficient (Wildman–Crippen LogP) is 2.38. The Bertz CT molecular complexity index is 623. The van der Waals surface area contributed by atoms with Crippen LogP contribution in [0.4, 0.5) is 5.69 Å². The average molecular weight is 351 g/mol. The number of aliphatic hydroxyl groups is 1. The van der Waals surface area contributed by atoms with Crippen LogP contribution in [-0.4, -0.2) is 36.8 Å². The Morgan fingerprint density at radius 3 is 2.62 bits per heavy atom. The Kier molecular flexibility index (Phi) is 8.68. The average Bonchev–Trinajstić information content (AvgIpc) is 2.57. The van der Waals surface area contributed by atoms with Crippen LogP contribution in [0.3, 0.4) is 0 Å². The number of hydrogen-bond acceptors (Lipinski definition) is 4. The first-order valence-corrected chi connectivity index (χ1v) is 7.56. The lowest BCUT2D eigenvalue weighted by Crippen LogP contribution is -2.38. The first-order chi connectivity index (χ1) is 11.1. The highest BCUT2D eigenvalue weighted by Gasteiger charge is 2.08. The fourth-order valence-electron chi connectivity index (χ4n) is 1.99. The summed E-state index contributed by atoms with van der Waals surface area (Å²) in [6.45, 7) is 2.43. The van der Waals surface area contributed by atoms with E-state index in [0.29, 0.717) is 5.75 Å². The summed E-state index contributed by atoms with van der Waals surface area (Å²) < 4.78 is 5.49. The second-order valence-corrected chi connectivity index (χ2v) is 5.30. The van der Waals surface area contributed by atoms with E-state index < -0.39 is 6.10 Å². The molecule has 5 nitrogen and oxygen atoms in total. The highest BCUT2D eigenvalue weighted by molar-refractivity contribution is 5.85. The number of carbonyl (C=O) groups is 1. The minimum Gasteiger partial charge on any atom is -0.491 e. The van der Waals surface area contributed by atoms with Crippen molar-refractivity contribution >= 4 is 24.0 Å². The maximum Gasteiger partial charge on any atom is 0.239 e. The number of ether oxygens (including phenoxy) is 1. The van der Waals surface area contributed by atoms with Crippen LogP contribution in [0, 0.1) is 6.92 Å². The summed E-state index contributed by atoms with van der Waals surface area (Å²) in [5, 5.41) is 15.5. The smallest absolute Gasteiger partial charge is 0.239 e. The van der Waals surface area contributed by atoms with Gasteiger partial charge in [0.15, 0.2) is 0 Å². The number of hydrogen-bond donors (Lipinski definition) is 3. The Morgan fingerprint density at radius 1 is 1.17 bits per heavy atom. The molecule has 3 N–H and O–H groups in total. The molecule has 0 spiro atoms. The van der Waals surface area contributed by atoms with Gasteiger partial charge in [-0.2, -0.15) is 0 Å². The van der Waals surface area contributed by atoms with Crippen LogP contribution in [0.2, 0.25) is 0 Å². The fraction of sp³-hybridized carbons (Fsp3) is 0.278. The first kappa shape index (κ1) is 19.8. The lowest BCUT2D eigenvalue weighted by molar-refractivity contribution is -0.119. The van der Waals surface area contributed by atoms with Crippen molar-refractivity contribution < 1.29 is 14.6 Å². The molecular weight excluding hydrogens is 328 g/mol. The molecule has 0 fully saturated rings. The van der Waals surface area contributed by atoms with Crippen LogP contribution in [0.5, 0.6) is 5.75 Å². The van der Waals surface area contributed by atoms with Crippen LogP contribution in [0.15, 0.2) is 54.6 Å². The second-order valence-electron chi connectivity index (χ2n) is 5.30. The monoisotopic (exact) mass is 350 g/mol. The van der Waals surface area contributed by atoms with E-state index in [9.17, 15) is 9.90 Å². The quantitative estimate of drug-likeness (QED) is 0.683. The van der Waals surface area contributed by atoms with Gasteiger partial charge >= 0.3 is 0 Å². The number of nitrogens with one attached hydrogen (secondary N) is 2. The van der Waals surface area contributed by atoms with E-state index in [2.05, 4.69) is 10.6 Å². The van der Waals surface area contributed by atoms with E-state index in [1.165, 1.54) is 0 Å². The van der Waals surface area contributed by atoms with E-state index in [1.807, 2.05) is 61.5 Å². The Balaban J connectivity index is 0.00000288. The summed E-state index contributed by atoms with van der Waals surface area (Å²) in [5.74, 6) is 0.532. The number of anilines is 1. The number of para-hydroxylation sites is 1. The maximum atomic E-state index is 11.7. The molecule has 0 aromatic heterocycles. The molecule has 2 aromatic rings. The highest BCUT2D eigenvalue weighted by atomic mass is 35.5. The van der Waals surface area contributed by atoms with Gasteiger partial charge in [0.1, 0.15) is 18.5 Å². The SMILES string of the molecule is Cc1cccc(OCC(O)CNC(=O)CNc2ccccc2)c1.Cl. The number of halogens is 1. The van der Waals surface area contributed by atoms with E-state index in [-0.39, 0.29) is 38.0 Å². The normalized spacial score (nSPS) is 11.1. The summed E-state index contributed by atoms with van der Waals surface area (Å²) >= 11 is 0. The zero-order chi connectivity index (χ0) is 16.5. The van der Waals surface area contributed by atoms with Crippen LogP contribution < -0.4 is 15.4 Å². The Morgan fingerprint density at radius 2 is 1.92 bits per heavy atom. The van der Waals surface area contributed by atoms with E-state index >= 15 is 0 Å². The van der Waals surface area contributed by atoms with Gasteiger partial charge in [-0.1, -0.05) is 30.3 Å². The molecule has 0 heterocycles. The minimum absolute atomic E-state index is 0. The van der Waals surface area contributed by atoms with Crippen molar-refractivity contribution in [1.82, 2.24) is 5.32 Å². The van der Waals surface area contributed by atoms with Gasteiger partial charge in [0, 0.05) is 12.2 Å². The van der Waals surface area contributed by atoms with Crippen molar-refractivity contribution in [1.29, 1.82) is 0 Å². The van der Waals surface area contributed by atoms with Gasteiger partial charge < -0.3 is 20.5 Å². The largest absolute Gasteiger partial charge is 0.491 e. The van der Waals surface area contributed by atoms with Crippen molar-refractivity contribution in [2.24, 2.45) is 0 Å². The molecule has 0 bridgehead atoms. The van der Waals surface area contributed by atoms with E-state index in [1.54, 1.807) is 0 Å². The van der Waals surface area contributed by atoms with E-state index in [4.69, 9.17) is 4.74 Å². The summed E-state index contributed by atoms with van der Waals surface area (Å²) in [5.41, 5.74) is 1.98. The van der Waals surface area contributed by atoms with Crippen molar-refractivity contribution in [3.05, 3.63) is 60.2 Å². The van der Waals surface area contributed by atoms with Crippen molar-refractivity contribution in [2.45, 2.75) is 13.0 Å². The third-order valence-electron chi connectivity index (χ3n) is 3.19. The Labute approximate surface area is 148 Å². The molecular formula is C18H23ClN2O3. The summed E-state index contributed by atoms with van der Waals surface area (Å²) in [7, 11) is 0. The van der Waals surface area contributed by atoms with Crippen molar-refractivity contribution in [2.75, 3.05) is 25.0 Å². The number of aryl methyl sites for hydroxylation is 1. The molecule has 0 radical (unpaired) electrons. The van der Waals surface area contributed by atoms with Gasteiger partial charge in [0.05, 0.1) is 6.54 Å². The van der Waals surface area contributed by atoms with E-state index in [0.717, 1.165) is 11.3 Å². The van der Waals surface area contributed by atoms with Crippen LogP contribution in [0.1, 0.15) is 5.56 Å². The topological polar surface area (TPSA) is 70.6 Å². The Hall–Kier alpha value is -2.24. The molecule has 2 rings (SSSR count). The molecule has 0 aliphatic heterocycles. The summed E-state index contributed by atoms with van der Waals surface area (Å²) in [6, 6.07) is 17.1. The molecule has 0 saturated carbocycles. The number of aliphatic hydroxyl groups excluding tert-OH is 1. The van der Waals surface area contributed by atoms with Gasteiger partial charge in [0.2, 0.25) is 5.91 Å². The second kappa shape index (κ2) is 10.5. The minimum atomic E-state index is -0.754. The van der Waals surface area contributed by atoms with Crippen LogP contribution >= 0.6 is 12.4 Å². The molecule has 1 amide bonds. The van der Waals surface area contributed by atoms with Crippen LogP contribution in [0.25, 0.3) is 0 Å². The third kappa shape index (κ3) is 7.35. The molecule has 6 heteroatoms. The molecule has 1 unspecified atom stereocenters. The molecule has 24 heavy (non-hydrogen) atoms. The number of rotatable bonds is 8. The van der Waals surface area contributed by atoms with Gasteiger partial charge in [-0.3, -0.25) is 4.79 Å². The lowest BCUT2D eigenvalue weighted by Gasteiger charge is -2.14. The highest BCUT2D eigenvalue weighted by Crippen LogP contribution is 2.12. The summed E-state index contributed by atoms with van der Waals surface area (Å²) in [4.78, 5) is 11.7. The first-order valence-electron chi connectivity index (χ1n) is 7.56. The van der Waals surface area contributed by atoms with Gasteiger partial charge in [-0.25, -0.2) is 0 Å². The predicted molar refractivity (Wildman–Crippen MR) is 97.9 cm³/mol. The molecule has 1 atom stereocenters. The molecule has 2 aromatic carbocycles. The molecule has 0 aliphatic rings. The maximum absolute atomic E-state index is 11.7. The number of amides is 1. The van der Waals surface area contributed by atoms with Crippen molar-refractivity contribution in [3.63, 3.8) is 0 Å². The zero-order valence-corrected chi connectivity index (χ0v) is 14.4. The standard InChI is InChI=1S/C18H22N2O3.ClH/c1-14-6-5-9-17(10-14)23-13-16(21)11-20-18(22)12-19-15-7-3-2-4-8-15;/h2-10,16,19,21H,11-13H2,1H3,(H,20,22);1H. The van der Waals surface area contributed by atoms with Gasteiger partial charge in [-0.15, -0.1) is 12.4 Å². The van der Waals surface area contributed by atoms with Gasteiger partial charge in [-0.05, 0) is 36.8 Å². The molecule has 0 saturated heterocycles. The third-order valence-corrected chi connectivity index (χ3v) is 3.19. The van der Waals surface area contributed by atoms with Crippen LogP contribution in [-0.2, 0) is 4.79 Å². The fourth-order valence-corrected chi connectivity index (χ4v) is 1.99.